The Hall–Kier alpha value is -3.00. The lowest BCUT2D eigenvalue weighted by Crippen LogP contribution is -2.16. The first kappa shape index (κ1) is 31.5. The van der Waals surface area contributed by atoms with Gasteiger partial charge in [0.1, 0.15) is 0 Å². The van der Waals surface area contributed by atoms with Gasteiger partial charge < -0.3 is 0 Å². The van der Waals surface area contributed by atoms with Crippen LogP contribution in [0.25, 0.3) is 11.6 Å². The van der Waals surface area contributed by atoms with Crippen molar-refractivity contribution in [2.45, 2.75) is 113 Å². The Balaban J connectivity index is 0.00000192. The number of pyridine rings is 1. The van der Waals surface area contributed by atoms with Gasteiger partial charge in [-0.1, -0.05) is 109 Å². The molecule has 1 aliphatic carbocycles. The van der Waals surface area contributed by atoms with Crippen molar-refractivity contribution in [2.24, 2.45) is 5.92 Å². The largest absolute Gasteiger partial charge is 0.294 e. The van der Waals surface area contributed by atoms with Gasteiger partial charge in [-0.05, 0) is 90.1 Å². The van der Waals surface area contributed by atoms with Gasteiger partial charge in [-0.25, -0.2) is 0 Å². The molecular formula is C38H53NO. The van der Waals surface area contributed by atoms with E-state index in [2.05, 4.69) is 83.2 Å². The summed E-state index contributed by atoms with van der Waals surface area (Å²) in [6, 6.07) is 15.3. The zero-order valence-corrected chi connectivity index (χ0v) is 26.2. The smallest absolute Gasteiger partial charge is 0.167 e. The molecule has 1 heterocycles. The molecule has 0 fully saturated rings. The fourth-order valence-corrected chi connectivity index (χ4v) is 6.22. The van der Waals surface area contributed by atoms with Gasteiger partial charge in [0.25, 0.3) is 0 Å². The SMILES string of the molecule is CC.CCCC(CCC)CCCCc1ccc(Cc2ncc3c(c2C)CC(=O)C(c2c(C)cccc2C)=C3)cc1.[HH]. The van der Waals surface area contributed by atoms with Crippen molar-refractivity contribution in [3.63, 3.8) is 0 Å². The van der Waals surface area contributed by atoms with E-state index >= 15 is 0 Å². The molecule has 1 aliphatic rings. The number of hydrogen-bond donors (Lipinski definition) is 0. The van der Waals surface area contributed by atoms with E-state index in [9.17, 15) is 4.79 Å². The van der Waals surface area contributed by atoms with Gasteiger partial charge in [0, 0.05) is 31.7 Å². The molecule has 0 bridgehead atoms. The number of allylic oxidation sites excluding steroid dienone is 1. The van der Waals surface area contributed by atoms with Gasteiger partial charge >= 0.3 is 0 Å². The summed E-state index contributed by atoms with van der Waals surface area (Å²) in [7, 11) is 0. The summed E-state index contributed by atoms with van der Waals surface area (Å²) >= 11 is 0. The molecule has 0 atom stereocenters. The molecule has 40 heavy (non-hydrogen) atoms. The fourth-order valence-electron chi connectivity index (χ4n) is 6.22. The quantitative estimate of drug-likeness (QED) is 0.214. The van der Waals surface area contributed by atoms with E-state index in [1.54, 1.807) is 0 Å². The third kappa shape index (κ3) is 8.03. The van der Waals surface area contributed by atoms with Crippen LogP contribution in [-0.2, 0) is 24.1 Å². The fraction of sp³-hybridized carbons (Fsp3) is 0.474. The Morgan fingerprint density at radius 1 is 0.850 bits per heavy atom. The lowest BCUT2D eigenvalue weighted by atomic mass is 9.83. The van der Waals surface area contributed by atoms with Crippen molar-refractivity contribution in [3.05, 3.63) is 98.9 Å². The number of carbonyl (C=O) groups excluding carboxylic acids is 1. The van der Waals surface area contributed by atoms with Crippen LogP contribution in [0.5, 0.6) is 0 Å². The van der Waals surface area contributed by atoms with Gasteiger partial charge in [0.15, 0.2) is 5.78 Å². The third-order valence-electron chi connectivity index (χ3n) is 8.40. The molecule has 1 aromatic heterocycles. The number of benzene rings is 2. The first-order chi connectivity index (χ1) is 19.4. The number of ketones is 1. The van der Waals surface area contributed by atoms with Crippen LogP contribution >= 0.6 is 0 Å². The van der Waals surface area contributed by atoms with E-state index < -0.39 is 0 Å². The number of unbranched alkanes of at least 4 members (excludes halogenated alkanes) is 1. The maximum absolute atomic E-state index is 13.2. The van der Waals surface area contributed by atoms with Crippen LogP contribution in [0.4, 0.5) is 0 Å². The Bertz CT molecular complexity index is 1260. The number of hydrogen-bond acceptors (Lipinski definition) is 2. The Kier molecular flexibility index (Phi) is 12.4. The van der Waals surface area contributed by atoms with Crippen molar-refractivity contribution in [2.75, 3.05) is 0 Å². The molecule has 2 aromatic carbocycles. The first-order valence-corrected chi connectivity index (χ1v) is 15.8. The first-order valence-electron chi connectivity index (χ1n) is 15.8. The maximum atomic E-state index is 13.2. The number of aromatic nitrogens is 1. The number of aryl methyl sites for hydroxylation is 3. The molecule has 0 saturated carbocycles. The van der Waals surface area contributed by atoms with E-state index in [1.165, 1.54) is 62.5 Å². The van der Waals surface area contributed by atoms with Crippen LogP contribution in [0.1, 0.15) is 124 Å². The minimum absolute atomic E-state index is 0. The molecule has 0 amide bonds. The standard InChI is InChI=1S/C36H45NO.C2H6.H2/c1-6-11-28(12-7-2)15-8-9-16-29-17-19-30(20-18-29)21-34-27(5)32-23-35(38)33(22-31(32)24-37-34)36-25(3)13-10-14-26(36)4;1-2;/h10,13-14,17-20,22,24,28H,6-9,11-12,15-16,21,23H2,1-5H3;1-2H3;1H. The lowest BCUT2D eigenvalue weighted by molar-refractivity contribution is -0.113. The number of carbonyl (C=O) groups is 1. The molecule has 0 N–H and O–H groups in total. The van der Waals surface area contributed by atoms with Gasteiger partial charge in [-0.3, -0.25) is 9.78 Å². The summed E-state index contributed by atoms with van der Waals surface area (Å²) in [5.74, 6) is 1.12. The van der Waals surface area contributed by atoms with Gasteiger partial charge in [0.05, 0.1) is 0 Å². The molecule has 2 nitrogen and oxygen atoms in total. The van der Waals surface area contributed by atoms with Gasteiger partial charge in [-0.2, -0.15) is 0 Å². The summed E-state index contributed by atoms with van der Waals surface area (Å²) in [6.45, 7) is 14.9. The van der Waals surface area contributed by atoms with E-state index in [4.69, 9.17) is 4.98 Å². The summed E-state index contributed by atoms with van der Waals surface area (Å²) < 4.78 is 0. The lowest BCUT2D eigenvalue weighted by Gasteiger charge is -2.21. The predicted octanol–water partition coefficient (Wildman–Crippen LogP) is 10.5. The second-order valence-corrected chi connectivity index (χ2v) is 11.4. The topological polar surface area (TPSA) is 30.0 Å². The Morgan fingerprint density at radius 3 is 2.10 bits per heavy atom. The van der Waals surface area contributed by atoms with Crippen LogP contribution in [-0.4, -0.2) is 10.8 Å². The normalized spacial score (nSPS) is 12.6. The van der Waals surface area contributed by atoms with E-state index in [-0.39, 0.29) is 7.21 Å². The molecule has 0 spiro atoms. The van der Waals surface area contributed by atoms with Crippen LogP contribution in [0.2, 0.25) is 0 Å². The average molecular weight is 540 g/mol. The van der Waals surface area contributed by atoms with E-state index in [0.29, 0.717) is 6.42 Å². The molecule has 216 valence electrons. The summed E-state index contributed by atoms with van der Waals surface area (Å²) in [4.78, 5) is 18.1. The van der Waals surface area contributed by atoms with Crippen LogP contribution in [0, 0.1) is 26.7 Å². The highest BCUT2D eigenvalue weighted by Gasteiger charge is 2.24. The van der Waals surface area contributed by atoms with Crippen molar-refractivity contribution in [3.8, 4) is 0 Å². The molecule has 0 saturated heterocycles. The van der Waals surface area contributed by atoms with Gasteiger partial charge in [0.2, 0.25) is 0 Å². The average Bonchev–Trinajstić information content (AvgIpc) is 2.95. The van der Waals surface area contributed by atoms with Gasteiger partial charge in [-0.15, -0.1) is 0 Å². The zero-order valence-electron chi connectivity index (χ0n) is 26.2. The maximum Gasteiger partial charge on any atom is 0.167 e. The molecule has 0 radical (unpaired) electrons. The second kappa shape index (κ2) is 15.7. The third-order valence-corrected chi connectivity index (χ3v) is 8.40. The highest BCUT2D eigenvalue weighted by molar-refractivity contribution is 6.28. The molecule has 2 heteroatoms. The van der Waals surface area contributed by atoms with Crippen LogP contribution in [0.3, 0.4) is 0 Å². The number of fused-ring (bicyclic) bond motifs is 1. The molecule has 3 aromatic rings. The molecule has 0 aliphatic heterocycles. The van der Waals surface area contributed by atoms with E-state index in [1.807, 2.05) is 20.0 Å². The second-order valence-electron chi connectivity index (χ2n) is 11.4. The molecule has 4 rings (SSSR count). The summed E-state index contributed by atoms with van der Waals surface area (Å²) in [6.07, 6.45) is 15.8. The molecular weight excluding hydrogens is 486 g/mol. The van der Waals surface area contributed by atoms with Crippen LogP contribution < -0.4 is 0 Å². The molecule has 0 unspecified atom stereocenters. The highest BCUT2D eigenvalue weighted by atomic mass is 16.1. The minimum atomic E-state index is 0. The van der Waals surface area contributed by atoms with Crippen molar-refractivity contribution < 1.29 is 6.22 Å². The van der Waals surface area contributed by atoms with E-state index in [0.717, 1.165) is 57.0 Å². The van der Waals surface area contributed by atoms with Crippen LogP contribution in [0.15, 0.2) is 48.7 Å². The monoisotopic (exact) mass is 539 g/mol. The Labute approximate surface area is 245 Å². The van der Waals surface area contributed by atoms with Crippen molar-refractivity contribution in [1.82, 2.24) is 4.98 Å². The minimum Gasteiger partial charge on any atom is -0.294 e. The number of nitrogens with zero attached hydrogens (tertiary/aromatic N) is 1. The van der Waals surface area contributed by atoms with Crippen molar-refractivity contribution >= 4 is 17.4 Å². The summed E-state index contributed by atoms with van der Waals surface area (Å²) in [5.41, 5.74) is 11.4. The summed E-state index contributed by atoms with van der Waals surface area (Å²) in [5, 5.41) is 0. The number of rotatable bonds is 12. The van der Waals surface area contributed by atoms with Crippen molar-refractivity contribution in [1.29, 1.82) is 0 Å². The zero-order chi connectivity index (χ0) is 29.1. The Morgan fingerprint density at radius 2 is 1.48 bits per heavy atom. The number of Topliss-reactive ketones (excluding diaryl/α,β-unsaturated/α-hetero) is 1. The predicted molar refractivity (Wildman–Crippen MR) is 175 cm³/mol. The highest BCUT2D eigenvalue weighted by Crippen LogP contribution is 2.33.